The van der Waals surface area contributed by atoms with Crippen LogP contribution in [0.15, 0.2) is 140 Å². The molecule has 5 nitrogen and oxygen atoms in total. The van der Waals surface area contributed by atoms with Crippen molar-refractivity contribution >= 4 is 10.8 Å². The number of benzene rings is 4. The highest BCUT2D eigenvalue weighted by atomic mass is 15.3. The van der Waals surface area contributed by atoms with E-state index in [4.69, 9.17) is 4.98 Å². The average molecular weight is 502 g/mol. The lowest BCUT2D eigenvalue weighted by Crippen LogP contribution is -2.01. The van der Waals surface area contributed by atoms with Gasteiger partial charge in [-0.05, 0) is 58.3 Å². The number of pyridine rings is 2. The van der Waals surface area contributed by atoms with Crippen molar-refractivity contribution in [3.8, 4) is 51.1 Å². The first-order valence-corrected chi connectivity index (χ1v) is 12.8. The predicted molar refractivity (Wildman–Crippen MR) is 156 cm³/mol. The fraction of sp³-hybridized carbons (Fsp3) is 0. The summed E-state index contributed by atoms with van der Waals surface area (Å²) in [6.07, 6.45) is 1.77. The van der Waals surface area contributed by atoms with E-state index in [0.717, 1.165) is 39.7 Å². The van der Waals surface area contributed by atoms with E-state index in [1.165, 1.54) is 16.3 Å². The second-order valence-electron chi connectivity index (χ2n) is 9.25. The molecule has 0 radical (unpaired) electrons. The normalized spacial score (nSPS) is 11.1. The maximum absolute atomic E-state index is 4.90. The summed E-state index contributed by atoms with van der Waals surface area (Å²) in [5, 5.41) is 11.7. The minimum absolute atomic E-state index is 0.673. The molecule has 7 aromatic rings. The number of fused-ring (bicyclic) bond motifs is 1. The van der Waals surface area contributed by atoms with Crippen molar-refractivity contribution in [3.05, 3.63) is 140 Å². The fourth-order valence-electron chi connectivity index (χ4n) is 4.95. The van der Waals surface area contributed by atoms with Crippen molar-refractivity contribution in [3.63, 3.8) is 0 Å². The van der Waals surface area contributed by atoms with Crippen LogP contribution in [0.5, 0.6) is 0 Å². The van der Waals surface area contributed by atoms with Crippen LogP contribution in [0, 0.1) is 0 Å². The van der Waals surface area contributed by atoms with Gasteiger partial charge in [-0.2, -0.15) is 0 Å². The average Bonchev–Trinajstić information content (AvgIpc) is 3.47. The molecule has 0 spiro atoms. The van der Waals surface area contributed by atoms with E-state index in [1.54, 1.807) is 6.20 Å². The molecule has 3 heterocycles. The summed E-state index contributed by atoms with van der Waals surface area (Å²) in [6, 6.07) is 45.3. The number of rotatable bonds is 5. The van der Waals surface area contributed by atoms with Crippen LogP contribution in [-0.2, 0) is 0 Å². The third-order valence-corrected chi connectivity index (χ3v) is 6.83. The first kappa shape index (κ1) is 22.8. The van der Waals surface area contributed by atoms with Gasteiger partial charge < -0.3 is 0 Å². The van der Waals surface area contributed by atoms with Crippen molar-refractivity contribution in [2.45, 2.75) is 0 Å². The molecule has 4 aromatic carbocycles. The van der Waals surface area contributed by atoms with E-state index in [-0.39, 0.29) is 0 Å². The maximum Gasteiger partial charge on any atom is 0.187 e. The minimum Gasteiger partial charge on any atom is -0.274 e. The van der Waals surface area contributed by atoms with E-state index in [1.807, 2.05) is 54.6 Å². The first-order chi connectivity index (χ1) is 19.3. The number of para-hydroxylation sites is 1. The van der Waals surface area contributed by atoms with Gasteiger partial charge in [0, 0.05) is 17.4 Å². The Balaban J connectivity index is 1.34. The zero-order valence-corrected chi connectivity index (χ0v) is 21.0. The van der Waals surface area contributed by atoms with Gasteiger partial charge in [-0.25, -0.2) is 4.98 Å². The highest BCUT2D eigenvalue weighted by molar-refractivity contribution is 5.96. The van der Waals surface area contributed by atoms with Crippen molar-refractivity contribution in [2.75, 3.05) is 0 Å². The molecule has 0 unspecified atom stereocenters. The van der Waals surface area contributed by atoms with Gasteiger partial charge in [0.1, 0.15) is 5.69 Å². The minimum atomic E-state index is 0.673. The van der Waals surface area contributed by atoms with Gasteiger partial charge in [0.2, 0.25) is 0 Å². The molecule has 39 heavy (non-hydrogen) atoms. The van der Waals surface area contributed by atoms with Gasteiger partial charge >= 0.3 is 0 Å². The lowest BCUT2D eigenvalue weighted by atomic mass is 9.97. The number of aromatic nitrogens is 5. The van der Waals surface area contributed by atoms with Crippen molar-refractivity contribution in [1.29, 1.82) is 0 Å². The third-order valence-electron chi connectivity index (χ3n) is 6.83. The highest BCUT2D eigenvalue weighted by Crippen LogP contribution is 2.32. The van der Waals surface area contributed by atoms with Crippen molar-refractivity contribution in [2.24, 2.45) is 0 Å². The Kier molecular flexibility index (Phi) is 5.72. The Bertz CT molecular complexity index is 1890. The molecule has 0 amide bonds. The van der Waals surface area contributed by atoms with Crippen molar-refractivity contribution < 1.29 is 0 Å². The summed E-state index contributed by atoms with van der Waals surface area (Å²) in [5.74, 6) is 1.43. The molecule has 0 saturated carbocycles. The summed E-state index contributed by atoms with van der Waals surface area (Å²) in [5.41, 5.74) is 6.64. The van der Waals surface area contributed by atoms with Gasteiger partial charge in [-0.3, -0.25) is 9.55 Å². The van der Waals surface area contributed by atoms with Gasteiger partial charge in [0.15, 0.2) is 11.6 Å². The molecule has 0 aliphatic heterocycles. The number of nitrogens with zero attached hydrogens (tertiary/aromatic N) is 5. The van der Waals surface area contributed by atoms with Crippen LogP contribution in [0.4, 0.5) is 0 Å². The lowest BCUT2D eigenvalue weighted by molar-refractivity contribution is 1.06. The molecule has 0 N–H and O–H groups in total. The Morgan fingerprint density at radius 1 is 0.462 bits per heavy atom. The molecule has 0 aliphatic carbocycles. The van der Waals surface area contributed by atoms with E-state index >= 15 is 0 Å². The molecular formula is C34H23N5. The Labute approximate surface area is 226 Å². The summed E-state index contributed by atoms with van der Waals surface area (Å²) in [6.45, 7) is 0. The van der Waals surface area contributed by atoms with Crippen LogP contribution < -0.4 is 0 Å². The van der Waals surface area contributed by atoms with Crippen molar-refractivity contribution in [1.82, 2.24) is 24.7 Å². The summed E-state index contributed by atoms with van der Waals surface area (Å²) < 4.78 is 2.07. The molecule has 0 aliphatic rings. The number of hydrogen-bond donors (Lipinski definition) is 0. The zero-order valence-electron chi connectivity index (χ0n) is 21.0. The van der Waals surface area contributed by atoms with Gasteiger partial charge in [-0.15, -0.1) is 10.2 Å². The first-order valence-electron chi connectivity index (χ1n) is 12.8. The fourth-order valence-corrected chi connectivity index (χ4v) is 4.95. The SMILES string of the molecule is c1ccc(-n2c(-c3ccc(-c4cccc5ccccc45)cc3)nnc2-c2cccc(-c3ccccn3)n2)cc1. The Morgan fingerprint density at radius 3 is 1.97 bits per heavy atom. The van der Waals surface area contributed by atoms with Gasteiger partial charge in [0.05, 0.1) is 11.4 Å². The molecule has 0 saturated heterocycles. The van der Waals surface area contributed by atoms with E-state index in [9.17, 15) is 0 Å². The lowest BCUT2D eigenvalue weighted by Gasteiger charge is -2.12. The largest absolute Gasteiger partial charge is 0.274 e. The van der Waals surface area contributed by atoms with E-state index in [0.29, 0.717) is 5.82 Å². The van der Waals surface area contributed by atoms with Crippen LogP contribution in [0.2, 0.25) is 0 Å². The van der Waals surface area contributed by atoms with Crippen LogP contribution >= 0.6 is 0 Å². The van der Waals surface area contributed by atoms with Crippen LogP contribution in [0.1, 0.15) is 0 Å². The monoisotopic (exact) mass is 501 g/mol. The zero-order chi connectivity index (χ0) is 26.0. The summed E-state index contributed by atoms with van der Waals surface area (Å²) >= 11 is 0. The molecule has 0 bridgehead atoms. The summed E-state index contributed by atoms with van der Waals surface area (Å²) in [7, 11) is 0. The maximum atomic E-state index is 4.90. The second-order valence-corrected chi connectivity index (χ2v) is 9.25. The van der Waals surface area contributed by atoms with E-state index < -0.39 is 0 Å². The predicted octanol–water partition coefficient (Wildman–Crippen LogP) is 7.88. The third kappa shape index (κ3) is 4.26. The Morgan fingerprint density at radius 2 is 1.13 bits per heavy atom. The quantitative estimate of drug-likeness (QED) is 0.241. The standard InChI is InChI=1S/C34H23N5/c1-2-12-27(13-3-1)39-33(37-38-34(39)32-18-9-17-31(36-32)30-16-6-7-23-35-30)26-21-19-25(20-22-26)29-15-8-11-24-10-4-5-14-28(24)29/h1-23H. The molecule has 184 valence electrons. The second kappa shape index (κ2) is 9.80. The molecule has 7 rings (SSSR count). The molecular weight excluding hydrogens is 478 g/mol. The summed E-state index contributed by atoms with van der Waals surface area (Å²) in [4.78, 5) is 9.37. The van der Waals surface area contributed by atoms with Gasteiger partial charge in [0.25, 0.3) is 0 Å². The van der Waals surface area contributed by atoms with Crippen LogP contribution in [-0.4, -0.2) is 24.7 Å². The van der Waals surface area contributed by atoms with Gasteiger partial charge in [-0.1, -0.05) is 97.1 Å². The number of hydrogen-bond acceptors (Lipinski definition) is 4. The van der Waals surface area contributed by atoms with Crippen LogP contribution in [0.3, 0.4) is 0 Å². The molecule has 3 aromatic heterocycles. The van der Waals surface area contributed by atoms with E-state index in [2.05, 4.69) is 98.6 Å². The Hall–Kier alpha value is -5.42. The molecule has 0 atom stereocenters. The molecule has 5 heteroatoms. The topological polar surface area (TPSA) is 56.5 Å². The smallest absolute Gasteiger partial charge is 0.187 e. The molecule has 0 fully saturated rings. The van der Waals surface area contributed by atoms with Crippen LogP contribution in [0.25, 0.3) is 61.9 Å². The highest BCUT2D eigenvalue weighted by Gasteiger charge is 2.19.